The van der Waals surface area contributed by atoms with Gasteiger partial charge in [-0.3, -0.25) is 0 Å². The van der Waals surface area contributed by atoms with Gasteiger partial charge in [-0.15, -0.1) is 0 Å². The van der Waals surface area contributed by atoms with Crippen LogP contribution < -0.4 is 0 Å². The van der Waals surface area contributed by atoms with Gasteiger partial charge >= 0.3 is 6.16 Å². The molecular formula is C4H7O4. The zero-order chi connectivity index (χ0) is 6.41. The van der Waals surface area contributed by atoms with Crippen LogP contribution in [0.5, 0.6) is 0 Å². The Labute approximate surface area is 47.0 Å². The number of carbonyl (C=O) groups is 1. The molecule has 0 unspecified atom stereocenters. The predicted molar refractivity (Wildman–Crippen MR) is 23.7 cm³/mol. The first kappa shape index (κ1) is 7.23. The molecule has 0 aliphatic carbocycles. The van der Waals surface area contributed by atoms with E-state index in [1.807, 2.05) is 0 Å². The average Bonchev–Trinajstić information content (AvgIpc) is 1.68. The normalized spacial score (nSPS) is 8.25. The van der Waals surface area contributed by atoms with Crippen LogP contribution in [0.1, 0.15) is 6.92 Å². The summed E-state index contributed by atoms with van der Waals surface area (Å²) in [6.07, 6.45) is -0.900. The summed E-state index contributed by atoms with van der Waals surface area (Å²) in [6.45, 7) is 0.990. The lowest BCUT2D eigenvalue weighted by Crippen LogP contribution is -2.06. The number of hydrogen-bond acceptors (Lipinski definition) is 3. The Morgan fingerprint density at radius 2 is 2.12 bits per heavy atom. The third-order valence-corrected chi connectivity index (χ3v) is 0.439. The Kier molecular flexibility index (Phi) is 3.97. The van der Waals surface area contributed by atoms with Gasteiger partial charge in [-0.05, 0) is 6.92 Å². The lowest BCUT2D eigenvalue weighted by atomic mass is 10.9. The molecule has 0 aromatic rings. The molecule has 0 aliphatic heterocycles. The molecule has 0 saturated heterocycles. The van der Waals surface area contributed by atoms with E-state index in [2.05, 4.69) is 9.47 Å². The van der Waals surface area contributed by atoms with Crippen LogP contribution in [0.4, 0.5) is 4.79 Å². The number of rotatable bonds is 2. The summed E-state index contributed by atoms with van der Waals surface area (Å²) < 4.78 is 8.09. The van der Waals surface area contributed by atoms with E-state index in [1.54, 1.807) is 6.92 Å². The van der Waals surface area contributed by atoms with Gasteiger partial charge in [-0.1, -0.05) is 0 Å². The molecule has 0 N–H and O–H groups in total. The summed E-state index contributed by atoms with van der Waals surface area (Å²) in [5.74, 6) is 0. The van der Waals surface area contributed by atoms with E-state index in [1.165, 1.54) is 0 Å². The van der Waals surface area contributed by atoms with Crippen molar-refractivity contribution in [2.75, 3.05) is 13.4 Å². The highest BCUT2D eigenvalue weighted by atomic mass is 16.8. The predicted octanol–water partition coefficient (Wildman–Crippen LogP) is 0.548. The van der Waals surface area contributed by atoms with Crippen molar-refractivity contribution in [1.29, 1.82) is 0 Å². The quantitative estimate of drug-likeness (QED) is 0.394. The van der Waals surface area contributed by atoms with Gasteiger partial charge in [0.05, 0.1) is 6.61 Å². The molecule has 8 heavy (non-hydrogen) atoms. The Morgan fingerprint density at radius 3 is 2.50 bits per heavy atom. The third-order valence-electron chi connectivity index (χ3n) is 0.439. The van der Waals surface area contributed by atoms with Crippen molar-refractivity contribution in [1.82, 2.24) is 0 Å². The summed E-state index contributed by atoms with van der Waals surface area (Å²) in [4.78, 5) is 10.00. The second-order valence-electron chi connectivity index (χ2n) is 0.945. The fourth-order valence-electron chi connectivity index (χ4n) is 0.208. The van der Waals surface area contributed by atoms with Gasteiger partial charge in [-0.25, -0.2) is 4.79 Å². The van der Waals surface area contributed by atoms with E-state index in [-0.39, 0.29) is 6.61 Å². The van der Waals surface area contributed by atoms with Crippen LogP contribution >= 0.6 is 0 Å². The Bertz CT molecular complexity index is 62.4. The molecule has 47 valence electrons. The molecule has 4 nitrogen and oxygen atoms in total. The first-order valence-corrected chi connectivity index (χ1v) is 2.19. The minimum absolute atomic E-state index is 0.235. The molecule has 4 heteroatoms. The molecule has 0 rings (SSSR count). The summed E-state index contributed by atoms with van der Waals surface area (Å²) in [6, 6.07) is 0. The van der Waals surface area contributed by atoms with E-state index < -0.39 is 12.9 Å². The maximum atomic E-state index is 10.00. The van der Waals surface area contributed by atoms with E-state index in [0.29, 0.717) is 0 Å². The lowest BCUT2D eigenvalue weighted by molar-refractivity contribution is -0.0344. The van der Waals surface area contributed by atoms with Crippen molar-refractivity contribution in [2.24, 2.45) is 0 Å². The van der Waals surface area contributed by atoms with Crippen LogP contribution in [-0.2, 0) is 14.6 Å². The van der Waals surface area contributed by atoms with Crippen molar-refractivity contribution in [3.05, 3.63) is 0 Å². The van der Waals surface area contributed by atoms with Gasteiger partial charge in [-0.2, -0.15) is 5.11 Å². The van der Waals surface area contributed by atoms with Gasteiger partial charge in [0.15, 0.2) is 0 Å². The van der Waals surface area contributed by atoms with Crippen LogP contribution in [0.3, 0.4) is 0 Å². The Morgan fingerprint density at radius 1 is 1.50 bits per heavy atom. The standard InChI is InChI=1S/C4H7O4/c1-2-7-4(6)8-3-5/h2-3H2,1H3. The van der Waals surface area contributed by atoms with Crippen LogP contribution in [0.2, 0.25) is 0 Å². The molecule has 0 amide bonds. The molecule has 0 heterocycles. The SMILES string of the molecule is CCOC(=O)OC[O]. The number of carbonyl (C=O) groups excluding carboxylic acids is 1. The fraction of sp³-hybridized carbons (Fsp3) is 0.750. The monoisotopic (exact) mass is 119 g/mol. The average molecular weight is 119 g/mol. The van der Waals surface area contributed by atoms with Crippen LogP contribution in [0.25, 0.3) is 0 Å². The minimum Gasteiger partial charge on any atom is -0.435 e. The second kappa shape index (κ2) is 4.39. The zero-order valence-corrected chi connectivity index (χ0v) is 4.55. The summed E-state index contributed by atoms with van der Waals surface area (Å²) >= 11 is 0. The van der Waals surface area contributed by atoms with E-state index >= 15 is 0 Å². The highest BCUT2D eigenvalue weighted by Crippen LogP contribution is 1.81. The largest absolute Gasteiger partial charge is 0.510 e. The Balaban J connectivity index is 3.06. The van der Waals surface area contributed by atoms with Crippen molar-refractivity contribution >= 4 is 6.16 Å². The molecule has 0 aromatic carbocycles. The highest BCUT2D eigenvalue weighted by molar-refractivity contribution is 5.59. The number of hydrogen-bond donors (Lipinski definition) is 0. The number of ether oxygens (including phenoxy) is 2. The molecular weight excluding hydrogens is 112 g/mol. The maximum absolute atomic E-state index is 10.00. The summed E-state index contributed by atoms with van der Waals surface area (Å²) in [5.41, 5.74) is 0. The van der Waals surface area contributed by atoms with Crippen molar-refractivity contribution in [2.45, 2.75) is 6.92 Å². The zero-order valence-electron chi connectivity index (χ0n) is 4.55. The third kappa shape index (κ3) is 3.42. The van der Waals surface area contributed by atoms with Crippen molar-refractivity contribution in [3.8, 4) is 0 Å². The summed E-state index contributed by atoms with van der Waals surface area (Å²) in [7, 11) is 0. The topological polar surface area (TPSA) is 55.4 Å². The Hall–Kier alpha value is -0.770. The van der Waals surface area contributed by atoms with Crippen molar-refractivity contribution < 1.29 is 19.4 Å². The molecule has 1 radical (unpaired) electrons. The molecule has 0 fully saturated rings. The second-order valence-corrected chi connectivity index (χ2v) is 0.945. The molecule has 0 atom stereocenters. The smallest absolute Gasteiger partial charge is 0.435 e. The van der Waals surface area contributed by atoms with Crippen LogP contribution in [-0.4, -0.2) is 19.6 Å². The van der Waals surface area contributed by atoms with Gasteiger partial charge < -0.3 is 9.47 Å². The van der Waals surface area contributed by atoms with E-state index in [9.17, 15) is 9.90 Å². The van der Waals surface area contributed by atoms with Gasteiger partial charge in [0.1, 0.15) is 0 Å². The lowest BCUT2D eigenvalue weighted by Gasteiger charge is -1.96. The van der Waals surface area contributed by atoms with Gasteiger partial charge in [0, 0.05) is 0 Å². The van der Waals surface area contributed by atoms with Crippen LogP contribution in [0, 0.1) is 0 Å². The van der Waals surface area contributed by atoms with E-state index in [0.717, 1.165) is 0 Å². The maximum Gasteiger partial charge on any atom is 0.510 e. The molecule has 0 spiro atoms. The minimum atomic E-state index is -0.900. The summed E-state index contributed by atoms with van der Waals surface area (Å²) in [5, 5.41) is 9.49. The highest BCUT2D eigenvalue weighted by Gasteiger charge is 1.97. The van der Waals surface area contributed by atoms with Crippen LogP contribution in [0.15, 0.2) is 0 Å². The molecule has 0 aromatic heterocycles. The first-order chi connectivity index (χ1) is 3.81. The van der Waals surface area contributed by atoms with Crippen molar-refractivity contribution in [3.63, 3.8) is 0 Å². The van der Waals surface area contributed by atoms with Gasteiger partial charge in [0.2, 0.25) is 6.79 Å². The fourth-order valence-corrected chi connectivity index (χ4v) is 0.208. The van der Waals surface area contributed by atoms with Gasteiger partial charge in [0.25, 0.3) is 0 Å². The first-order valence-electron chi connectivity index (χ1n) is 2.19. The molecule has 0 aliphatic rings. The molecule has 0 saturated carbocycles. The molecule has 0 bridgehead atoms. The van der Waals surface area contributed by atoms with E-state index in [4.69, 9.17) is 0 Å².